The third-order valence-electron chi connectivity index (χ3n) is 2.51. The number of aromatic nitrogens is 1. The zero-order valence-corrected chi connectivity index (χ0v) is 9.40. The molecule has 0 radical (unpaired) electrons. The quantitative estimate of drug-likeness (QED) is 0.836. The topological polar surface area (TPSA) is 48.1 Å². The number of methoxy groups -OCH3 is 1. The van der Waals surface area contributed by atoms with Crippen molar-refractivity contribution in [2.75, 3.05) is 12.8 Å². The molecule has 2 rings (SSSR count). The first kappa shape index (κ1) is 10.5. The molecule has 0 bridgehead atoms. The van der Waals surface area contributed by atoms with Gasteiger partial charge in [0.2, 0.25) is 0 Å². The van der Waals surface area contributed by atoms with Crippen LogP contribution in [0.3, 0.4) is 0 Å². The predicted octanol–water partition coefficient (Wildman–Crippen LogP) is 2.65. The lowest BCUT2D eigenvalue weighted by Crippen LogP contribution is -1.95. The number of benzene rings is 1. The van der Waals surface area contributed by atoms with Crippen molar-refractivity contribution in [2.24, 2.45) is 0 Å². The van der Waals surface area contributed by atoms with Crippen molar-refractivity contribution >= 4 is 5.69 Å². The Hall–Kier alpha value is -2.03. The second-order valence-corrected chi connectivity index (χ2v) is 3.57. The summed E-state index contributed by atoms with van der Waals surface area (Å²) in [5.41, 5.74) is 9.15. The van der Waals surface area contributed by atoms with Crippen LogP contribution in [0.2, 0.25) is 0 Å². The molecule has 0 saturated carbocycles. The molecule has 1 aromatic heterocycles. The highest BCUT2D eigenvalue weighted by Gasteiger charge is 2.06. The van der Waals surface area contributed by atoms with E-state index in [0.29, 0.717) is 5.69 Å². The molecule has 0 fully saturated rings. The molecule has 3 heteroatoms. The second kappa shape index (κ2) is 4.23. The van der Waals surface area contributed by atoms with Crippen molar-refractivity contribution < 1.29 is 4.74 Å². The van der Waals surface area contributed by atoms with Gasteiger partial charge in [-0.15, -0.1) is 0 Å². The van der Waals surface area contributed by atoms with E-state index in [0.717, 1.165) is 22.7 Å². The molecule has 1 heterocycles. The lowest BCUT2D eigenvalue weighted by Gasteiger charge is -2.08. The molecule has 0 unspecified atom stereocenters. The largest absolute Gasteiger partial charge is 0.496 e. The summed E-state index contributed by atoms with van der Waals surface area (Å²) >= 11 is 0. The van der Waals surface area contributed by atoms with E-state index in [-0.39, 0.29) is 0 Å². The Balaban J connectivity index is 2.54. The van der Waals surface area contributed by atoms with Crippen LogP contribution in [0.1, 0.15) is 5.69 Å². The Morgan fingerprint density at radius 3 is 2.56 bits per heavy atom. The van der Waals surface area contributed by atoms with Crippen molar-refractivity contribution in [1.29, 1.82) is 0 Å². The smallest absolute Gasteiger partial charge is 0.128 e. The van der Waals surface area contributed by atoms with Gasteiger partial charge < -0.3 is 10.5 Å². The van der Waals surface area contributed by atoms with Gasteiger partial charge in [-0.25, -0.2) is 0 Å². The Bertz CT molecular complexity index is 509. The van der Waals surface area contributed by atoms with E-state index in [9.17, 15) is 0 Å². The van der Waals surface area contributed by atoms with Gasteiger partial charge in [-0.1, -0.05) is 12.1 Å². The maximum Gasteiger partial charge on any atom is 0.128 e. The van der Waals surface area contributed by atoms with E-state index in [1.54, 1.807) is 7.11 Å². The number of rotatable bonds is 2. The van der Waals surface area contributed by atoms with E-state index < -0.39 is 0 Å². The van der Waals surface area contributed by atoms with Crippen LogP contribution in [0.25, 0.3) is 11.3 Å². The van der Waals surface area contributed by atoms with Gasteiger partial charge in [0.15, 0.2) is 0 Å². The zero-order chi connectivity index (χ0) is 11.5. The highest BCUT2D eigenvalue weighted by Crippen LogP contribution is 2.28. The van der Waals surface area contributed by atoms with E-state index in [1.807, 2.05) is 43.3 Å². The number of aryl methyl sites for hydroxylation is 1. The molecular weight excluding hydrogens is 200 g/mol. The number of ether oxygens (including phenoxy) is 1. The summed E-state index contributed by atoms with van der Waals surface area (Å²) in [6.45, 7) is 1.90. The van der Waals surface area contributed by atoms with Crippen LogP contribution < -0.4 is 10.5 Å². The van der Waals surface area contributed by atoms with Gasteiger partial charge in [0.25, 0.3) is 0 Å². The lowest BCUT2D eigenvalue weighted by molar-refractivity contribution is 0.416. The Labute approximate surface area is 94.9 Å². The van der Waals surface area contributed by atoms with Crippen LogP contribution in [0.15, 0.2) is 36.4 Å². The first-order chi connectivity index (χ1) is 7.72. The summed E-state index contributed by atoms with van der Waals surface area (Å²) in [6, 6.07) is 11.6. The molecule has 2 N–H and O–H groups in total. The molecule has 16 heavy (non-hydrogen) atoms. The minimum absolute atomic E-state index is 0.707. The number of pyridine rings is 1. The number of nitrogen functional groups attached to an aromatic ring is 1. The molecule has 0 aliphatic carbocycles. The van der Waals surface area contributed by atoms with Gasteiger partial charge in [0, 0.05) is 5.56 Å². The van der Waals surface area contributed by atoms with Crippen molar-refractivity contribution in [3.63, 3.8) is 0 Å². The highest BCUT2D eigenvalue weighted by atomic mass is 16.5. The van der Waals surface area contributed by atoms with Crippen molar-refractivity contribution in [1.82, 2.24) is 4.98 Å². The van der Waals surface area contributed by atoms with Crippen LogP contribution in [0.5, 0.6) is 5.75 Å². The van der Waals surface area contributed by atoms with Crippen LogP contribution in [0.4, 0.5) is 5.69 Å². The highest BCUT2D eigenvalue weighted by molar-refractivity contribution is 5.68. The average molecular weight is 214 g/mol. The SMILES string of the molecule is COc1ccccc1-c1ccc(N)c(C)n1. The normalized spacial score (nSPS) is 10.1. The van der Waals surface area contributed by atoms with Crippen LogP contribution >= 0.6 is 0 Å². The maximum absolute atomic E-state index is 5.74. The lowest BCUT2D eigenvalue weighted by atomic mass is 10.1. The van der Waals surface area contributed by atoms with Crippen molar-refractivity contribution in [3.05, 3.63) is 42.1 Å². The number of hydrogen-bond acceptors (Lipinski definition) is 3. The fourth-order valence-electron chi connectivity index (χ4n) is 1.58. The van der Waals surface area contributed by atoms with Crippen LogP contribution in [0, 0.1) is 6.92 Å². The Kier molecular flexibility index (Phi) is 2.77. The molecule has 3 nitrogen and oxygen atoms in total. The molecule has 0 spiro atoms. The first-order valence-corrected chi connectivity index (χ1v) is 5.09. The second-order valence-electron chi connectivity index (χ2n) is 3.57. The third-order valence-corrected chi connectivity index (χ3v) is 2.51. The van der Waals surface area contributed by atoms with Crippen LogP contribution in [-0.4, -0.2) is 12.1 Å². The summed E-state index contributed by atoms with van der Waals surface area (Å²) in [6.07, 6.45) is 0. The first-order valence-electron chi connectivity index (χ1n) is 5.09. The fraction of sp³-hybridized carbons (Fsp3) is 0.154. The molecule has 1 aromatic carbocycles. The molecule has 0 aliphatic heterocycles. The number of nitrogens with two attached hydrogens (primary N) is 1. The summed E-state index contributed by atoms with van der Waals surface area (Å²) in [7, 11) is 1.66. The number of para-hydroxylation sites is 1. The minimum Gasteiger partial charge on any atom is -0.496 e. The summed E-state index contributed by atoms with van der Waals surface area (Å²) in [5.74, 6) is 0.819. The monoisotopic (exact) mass is 214 g/mol. The summed E-state index contributed by atoms with van der Waals surface area (Å²) < 4.78 is 5.30. The molecular formula is C13H14N2O. The third kappa shape index (κ3) is 1.84. The molecule has 0 atom stereocenters. The Morgan fingerprint density at radius 2 is 1.88 bits per heavy atom. The standard InChI is InChI=1S/C13H14N2O/c1-9-11(14)7-8-12(15-9)10-5-3-4-6-13(10)16-2/h3-8H,14H2,1-2H3. The molecule has 0 aliphatic rings. The molecule has 2 aromatic rings. The zero-order valence-electron chi connectivity index (χ0n) is 9.40. The van der Waals surface area contributed by atoms with Crippen molar-refractivity contribution in [3.8, 4) is 17.0 Å². The Morgan fingerprint density at radius 1 is 1.12 bits per heavy atom. The van der Waals surface area contributed by atoms with Gasteiger partial charge in [-0.3, -0.25) is 4.98 Å². The fourth-order valence-corrected chi connectivity index (χ4v) is 1.58. The maximum atomic E-state index is 5.74. The number of nitrogens with zero attached hydrogens (tertiary/aromatic N) is 1. The van der Waals surface area contributed by atoms with E-state index in [4.69, 9.17) is 10.5 Å². The van der Waals surface area contributed by atoms with Crippen molar-refractivity contribution in [2.45, 2.75) is 6.92 Å². The van der Waals surface area contributed by atoms with Gasteiger partial charge in [0.1, 0.15) is 5.75 Å². The number of hydrogen-bond donors (Lipinski definition) is 1. The minimum atomic E-state index is 0.707. The van der Waals surface area contributed by atoms with E-state index in [2.05, 4.69) is 4.98 Å². The van der Waals surface area contributed by atoms with E-state index >= 15 is 0 Å². The van der Waals surface area contributed by atoms with Gasteiger partial charge >= 0.3 is 0 Å². The van der Waals surface area contributed by atoms with Crippen LogP contribution in [-0.2, 0) is 0 Å². The predicted molar refractivity (Wildman–Crippen MR) is 65.4 cm³/mol. The van der Waals surface area contributed by atoms with Gasteiger partial charge in [-0.05, 0) is 31.2 Å². The molecule has 82 valence electrons. The summed E-state index contributed by atoms with van der Waals surface area (Å²) in [5, 5.41) is 0. The molecule has 0 amide bonds. The summed E-state index contributed by atoms with van der Waals surface area (Å²) in [4.78, 5) is 4.45. The van der Waals surface area contributed by atoms with E-state index in [1.165, 1.54) is 0 Å². The van der Waals surface area contributed by atoms with Gasteiger partial charge in [0.05, 0.1) is 24.2 Å². The van der Waals surface area contributed by atoms with Gasteiger partial charge in [-0.2, -0.15) is 0 Å². The average Bonchev–Trinajstić information content (AvgIpc) is 2.32. The molecule has 0 saturated heterocycles. The number of anilines is 1.